The van der Waals surface area contributed by atoms with Crippen LogP contribution in [0, 0.1) is 5.21 Å². The first-order valence-corrected chi connectivity index (χ1v) is 13.4. The number of hydrogen-bond donors (Lipinski definition) is 1. The second-order valence-electron chi connectivity index (χ2n) is 10.7. The highest BCUT2D eigenvalue weighted by Crippen LogP contribution is 2.43. The van der Waals surface area contributed by atoms with Gasteiger partial charge in [0.25, 0.3) is 22.2 Å². The van der Waals surface area contributed by atoms with Crippen molar-refractivity contribution in [3.63, 3.8) is 0 Å². The molecule has 10 heteroatoms. The van der Waals surface area contributed by atoms with Crippen LogP contribution in [0.5, 0.6) is 0 Å². The lowest BCUT2D eigenvalue weighted by molar-refractivity contribution is 0.200. The molecule has 4 aromatic heterocycles. The van der Waals surface area contributed by atoms with E-state index in [1.807, 2.05) is 13.8 Å². The predicted octanol–water partition coefficient (Wildman–Crippen LogP) is 4.65. The van der Waals surface area contributed by atoms with Crippen LogP contribution in [-0.2, 0) is 0 Å². The van der Waals surface area contributed by atoms with Crippen molar-refractivity contribution in [3.05, 3.63) is 83.3 Å². The van der Waals surface area contributed by atoms with Gasteiger partial charge in [-0.3, -0.25) is 28.3 Å². The van der Waals surface area contributed by atoms with E-state index in [2.05, 4.69) is 0 Å². The van der Waals surface area contributed by atoms with Gasteiger partial charge in [-0.25, -0.2) is 0 Å². The molecule has 0 saturated carbocycles. The maximum atomic E-state index is 13.7. The summed E-state index contributed by atoms with van der Waals surface area (Å²) in [5, 5.41) is 28.1. The van der Waals surface area contributed by atoms with Gasteiger partial charge in [-0.1, -0.05) is 26.0 Å². The Balaban J connectivity index is 1.81. The Bertz CT molecular complexity index is 2270. The van der Waals surface area contributed by atoms with E-state index in [-0.39, 0.29) is 33.9 Å². The van der Waals surface area contributed by atoms with Crippen molar-refractivity contribution in [2.75, 3.05) is 0 Å². The summed E-state index contributed by atoms with van der Waals surface area (Å²) in [5.74, 6) is 0. The number of aromatic nitrogens is 4. The number of rotatable bonds is 4. The van der Waals surface area contributed by atoms with E-state index in [1.165, 1.54) is 21.5 Å². The van der Waals surface area contributed by atoms with E-state index < -0.39 is 22.2 Å². The van der Waals surface area contributed by atoms with Gasteiger partial charge in [-0.15, -0.1) is 0 Å². The van der Waals surface area contributed by atoms with E-state index in [0.717, 1.165) is 4.73 Å². The Kier molecular flexibility index (Phi) is 4.75. The Morgan fingerprint density at radius 2 is 1.02 bits per heavy atom. The third-order valence-electron chi connectivity index (χ3n) is 8.74. The molecule has 0 saturated heterocycles. The minimum absolute atomic E-state index is 0.110. The summed E-state index contributed by atoms with van der Waals surface area (Å²) in [4.78, 5) is 54.2. The van der Waals surface area contributed by atoms with Crippen molar-refractivity contribution >= 4 is 64.9 Å². The second-order valence-corrected chi connectivity index (χ2v) is 10.7. The first kappa shape index (κ1) is 24.2. The highest BCUT2D eigenvalue weighted by atomic mass is 16.5. The summed E-state index contributed by atoms with van der Waals surface area (Å²) in [6.45, 7) is 7.33. The molecule has 0 amide bonds. The quantitative estimate of drug-likeness (QED) is 0.197. The zero-order valence-corrected chi connectivity index (χ0v) is 22.3. The van der Waals surface area contributed by atoms with Crippen molar-refractivity contribution in [3.8, 4) is 0 Å². The first-order valence-electron chi connectivity index (χ1n) is 13.4. The summed E-state index contributed by atoms with van der Waals surface area (Å²) in [6.07, 6.45) is 3.61. The van der Waals surface area contributed by atoms with Gasteiger partial charge in [0.15, 0.2) is 0 Å². The lowest BCUT2D eigenvalue weighted by Crippen LogP contribution is -2.36. The van der Waals surface area contributed by atoms with Crippen LogP contribution in [-0.4, -0.2) is 23.8 Å². The number of nitrogens with zero attached hydrogens (tertiary/aromatic N) is 4. The Morgan fingerprint density at radius 3 is 1.52 bits per heavy atom. The number of hydrogen-bond acceptors (Lipinski definition) is 6. The van der Waals surface area contributed by atoms with E-state index in [1.54, 1.807) is 38.1 Å². The molecule has 0 bridgehead atoms. The van der Waals surface area contributed by atoms with Gasteiger partial charge in [0.2, 0.25) is 0 Å². The maximum absolute atomic E-state index is 13.7. The largest absolute Gasteiger partial charge is 0.806 e. The second kappa shape index (κ2) is 7.84. The van der Waals surface area contributed by atoms with Crippen LogP contribution in [0.2, 0.25) is 0 Å². The monoisotopic (exact) mass is 537 g/mol. The van der Waals surface area contributed by atoms with Crippen LogP contribution in [0.1, 0.15) is 52.6 Å². The molecule has 0 aliphatic carbocycles. The molecule has 0 aliphatic rings. The molecule has 7 rings (SSSR count). The minimum Gasteiger partial charge on any atom is -0.806 e. The lowest BCUT2D eigenvalue weighted by atomic mass is 9.90. The van der Waals surface area contributed by atoms with Crippen LogP contribution >= 0.6 is 0 Å². The molecule has 10 nitrogen and oxygen atoms in total. The SMILES string of the molecule is CCC(C)n1c(=O)c2ccc3c4c2c(cn([O-])c4c2ccc4c(=O)n(C(C)CC)c(=O)c5cn(O)c3c2c45)c1=O. The van der Waals surface area contributed by atoms with Crippen LogP contribution in [0.4, 0.5) is 0 Å². The fraction of sp³-hybridized carbons (Fsp3) is 0.267. The third kappa shape index (κ3) is 2.67. The number of benzene rings is 3. The summed E-state index contributed by atoms with van der Waals surface area (Å²) in [5.41, 5.74) is -1.49. The molecule has 0 aliphatic heterocycles. The lowest BCUT2D eigenvalue weighted by Gasteiger charge is -2.25. The van der Waals surface area contributed by atoms with Gasteiger partial charge in [0.1, 0.15) is 0 Å². The summed E-state index contributed by atoms with van der Waals surface area (Å²) >= 11 is 0. The Morgan fingerprint density at radius 1 is 0.625 bits per heavy atom. The molecule has 0 radical (unpaired) electrons. The smallest absolute Gasteiger partial charge is 0.263 e. The summed E-state index contributed by atoms with van der Waals surface area (Å²) in [7, 11) is 0. The molecule has 7 aromatic rings. The molecule has 40 heavy (non-hydrogen) atoms. The minimum atomic E-state index is -0.547. The van der Waals surface area contributed by atoms with Gasteiger partial charge < -0.3 is 15.1 Å². The molecule has 0 fully saturated rings. The fourth-order valence-corrected chi connectivity index (χ4v) is 6.44. The van der Waals surface area contributed by atoms with Gasteiger partial charge in [-0.05, 0) is 38.8 Å². The third-order valence-corrected chi connectivity index (χ3v) is 8.74. The zero-order chi connectivity index (χ0) is 28.4. The molecule has 0 spiro atoms. The number of pyridine rings is 4. The molecule has 2 unspecified atom stereocenters. The van der Waals surface area contributed by atoms with Gasteiger partial charge in [-0.2, -0.15) is 4.73 Å². The van der Waals surface area contributed by atoms with Crippen molar-refractivity contribution in [1.29, 1.82) is 0 Å². The Hall–Kier alpha value is -4.86. The average molecular weight is 538 g/mol. The molecule has 202 valence electrons. The van der Waals surface area contributed by atoms with Gasteiger partial charge in [0, 0.05) is 61.4 Å². The molecular formula is C30H25N4O6-. The van der Waals surface area contributed by atoms with E-state index in [9.17, 15) is 29.6 Å². The van der Waals surface area contributed by atoms with Crippen molar-refractivity contribution in [2.24, 2.45) is 0 Å². The van der Waals surface area contributed by atoms with Crippen LogP contribution < -0.4 is 22.2 Å². The van der Waals surface area contributed by atoms with Crippen molar-refractivity contribution in [2.45, 2.75) is 52.6 Å². The molecule has 1 N–H and O–H groups in total. The van der Waals surface area contributed by atoms with Crippen LogP contribution in [0.3, 0.4) is 0 Å². The topological polar surface area (TPSA) is 131 Å². The van der Waals surface area contributed by atoms with Crippen LogP contribution in [0.15, 0.2) is 55.8 Å². The van der Waals surface area contributed by atoms with Gasteiger partial charge in [0.05, 0.1) is 28.0 Å². The number of fused-ring (bicyclic) bond motifs is 2. The predicted molar refractivity (Wildman–Crippen MR) is 157 cm³/mol. The molecule has 2 atom stereocenters. The summed E-state index contributed by atoms with van der Waals surface area (Å²) < 4.78 is 3.84. The van der Waals surface area contributed by atoms with E-state index in [0.29, 0.717) is 60.7 Å². The molecule has 3 aromatic carbocycles. The average Bonchev–Trinajstić information content (AvgIpc) is 2.94. The Labute approximate surface area is 224 Å². The summed E-state index contributed by atoms with van der Waals surface area (Å²) in [6, 6.07) is 5.76. The van der Waals surface area contributed by atoms with Gasteiger partial charge >= 0.3 is 0 Å². The maximum Gasteiger partial charge on any atom is 0.263 e. The highest BCUT2D eigenvalue weighted by Gasteiger charge is 2.26. The molecular weight excluding hydrogens is 512 g/mol. The fourth-order valence-electron chi connectivity index (χ4n) is 6.44. The zero-order valence-electron chi connectivity index (χ0n) is 22.3. The molecule has 4 heterocycles. The normalized spacial score (nSPS) is 14.1. The van der Waals surface area contributed by atoms with E-state index in [4.69, 9.17) is 0 Å². The van der Waals surface area contributed by atoms with Crippen molar-refractivity contribution < 1.29 is 5.21 Å². The van der Waals surface area contributed by atoms with Crippen molar-refractivity contribution in [1.82, 2.24) is 18.6 Å². The standard InChI is InChI=1S/C30H25N4O6/c1-5-13(3)33-27(35)17-9-7-15-23-21(17)19(29(33)37)11-31(39)25(23)16-8-10-18-22-20(12-32(40)26(15)24(16)22)30(38)34(28(18)36)14(4)6-2/h7-14,39H,5-6H2,1-4H3/q-1. The van der Waals surface area contributed by atoms with Crippen LogP contribution in [0.25, 0.3) is 64.9 Å². The highest BCUT2D eigenvalue weighted by molar-refractivity contribution is 6.37. The van der Waals surface area contributed by atoms with E-state index >= 15 is 0 Å². The first-order chi connectivity index (χ1) is 19.1.